The number of Topliss-reactive ketones (excluding diaryl/α,β-unsaturated/α-hetero) is 1. The second kappa shape index (κ2) is 7.79. The highest BCUT2D eigenvalue weighted by Gasteiger charge is 2.27. The largest absolute Gasteiger partial charge is 0.397 e. The maximum atomic E-state index is 12.1. The van der Waals surface area contributed by atoms with Gasteiger partial charge in [0.15, 0.2) is 0 Å². The van der Waals surface area contributed by atoms with Crippen molar-refractivity contribution in [3.63, 3.8) is 0 Å². The predicted octanol–water partition coefficient (Wildman–Crippen LogP) is 2.15. The van der Waals surface area contributed by atoms with Crippen LogP contribution in [-0.2, 0) is 9.59 Å². The van der Waals surface area contributed by atoms with E-state index in [1.54, 1.807) is 12.1 Å². The lowest BCUT2D eigenvalue weighted by atomic mass is 9.92. The fraction of sp³-hybridized carbons (Fsp3) is 0.130. The number of benzene rings is 2. The topological polar surface area (TPSA) is 137 Å². The summed E-state index contributed by atoms with van der Waals surface area (Å²) in [6, 6.07) is 19.0. The average molecular weight is 399 g/mol. The molecule has 0 spiro atoms. The lowest BCUT2D eigenvalue weighted by molar-refractivity contribution is -0.124. The van der Waals surface area contributed by atoms with Gasteiger partial charge in [0.25, 0.3) is 5.91 Å². The third kappa shape index (κ3) is 3.77. The highest BCUT2D eigenvalue weighted by atomic mass is 16.1. The molecule has 0 atom stereocenters. The van der Waals surface area contributed by atoms with Crippen LogP contribution in [0.25, 0.3) is 27.9 Å². The van der Waals surface area contributed by atoms with Crippen LogP contribution in [-0.4, -0.2) is 28.6 Å². The molecule has 0 radical (unpaired) electrons. The summed E-state index contributed by atoms with van der Waals surface area (Å²) in [4.78, 5) is 32.2. The first-order valence-corrected chi connectivity index (χ1v) is 9.54. The molecule has 0 unspecified atom stereocenters. The summed E-state index contributed by atoms with van der Waals surface area (Å²) in [6.45, 7) is 0. The average Bonchev–Trinajstić information content (AvgIpc) is 2.72. The summed E-state index contributed by atoms with van der Waals surface area (Å²) in [7, 11) is 0. The van der Waals surface area contributed by atoms with Crippen molar-refractivity contribution in [3.8, 4) is 11.3 Å². The zero-order valence-corrected chi connectivity index (χ0v) is 16.2. The Morgan fingerprint density at radius 1 is 0.967 bits per heavy atom. The Balaban J connectivity index is 1.76. The zero-order chi connectivity index (χ0) is 21.3. The molecule has 7 nitrogen and oxygen atoms in total. The number of nitrogens with two attached hydrogens (primary N) is 3. The number of amides is 1. The second-order valence-corrected chi connectivity index (χ2v) is 7.24. The minimum absolute atomic E-state index is 0.0482. The van der Waals surface area contributed by atoms with E-state index >= 15 is 0 Å². The third-order valence-corrected chi connectivity index (χ3v) is 5.09. The van der Waals surface area contributed by atoms with Gasteiger partial charge < -0.3 is 17.2 Å². The second-order valence-electron chi connectivity index (χ2n) is 7.24. The van der Waals surface area contributed by atoms with Crippen molar-refractivity contribution in [2.45, 2.75) is 18.9 Å². The summed E-state index contributed by atoms with van der Waals surface area (Å²) in [6.07, 6.45) is 0.629. The zero-order valence-electron chi connectivity index (χ0n) is 16.2. The van der Waals surface area contributed by atoms with E-state index in [9.17, 15) is 9.59 Å². The van der Waals surface area contributed by atoms with E-state index in [1.807, 2.05) is 48.5 Å². The maximum absolute atomic E-state index is 12.1. The maximum Gasteiger partial charge on any atom is 0.254 e. The Bertz CT molecular complexity index is 1210. The smallest absolute Gasteiger partial charge is 0.254 e. The van der Waals surface area contributed by atoms with E-state index in [0.29, 0.717) is 18.4 Å². The first kappa shape index (κ1) is 19.3. The van der Waals surface area contributed by atoms with Crippen molar-refractivity contribution in [2.75, 3.05) is 0 Å². The van der Waals surface area contributed by atoms with Crippen LogP contribution in [0.4, 0.5) is 0 Å². The van der Waals surface area contributed by atoms with Gasteiger partial charge in [-0.1, -0.05) is 48.5 Å². The monoisotopic (exact) mass is 399 g/mol. The van der Waals surface area contributed by atoms with E-state index in [0.717, 1.165) is 22.2 Å². The number of fused-ring (bicyclic) bond motifs is 1. The van der Waals surface area contributed by atoms with Gasteiger partial charge in [0, 0.05) is 29.4 Å². The minimum Gasteiger partial charge on any atom is -0.397 e. The molecule has 0 aliphatic heterocycles. The van der Waals surface area contributed by atoms with Gasteiger partial charge >= 0.3 is 0 Å². The number of pyridine rings is 1. The van der Waals surface area contributed by atoms with E-state index in [-0.39, 0.29) is 28.9 Å². The van der Waals surface area contributed by atoms with Crippen LogP contribution in [0, 0.1) is 0 Å². The summed E-state index contributed by atoms with van der Waals surface area (Å²) >= 11 is 0. The van der Waals surface area contributed by atoms with E-state index in [4.69, 9.17) is 22.2 Å². The molecule has 1 fully saturated rings. The summed E-state index contributed by atoms with van der Waals surface area (Å²) < 4.78 is 0. The Morgan fingerprint density at radius 3 is 2.33 bits per heavy atom. The highest BCUT2D eigenvalue weighted by molar-refractivity contribution is 6.24. The Kier molecular flexibility index (Phi) is 5.02. The number of ketones is 1. The quantitative estimate of drug-likeness (QED) is 0.343. The van der Waals surface area contributed by atoms with Crippen molar-refractivity contribution < 1.29 is 9.59 Å². The van der Waals surface area contributed by atoms with Crippen LogP contribution < -0.4 is 17.2 Å². The first-order valence-electron chi connectivity index (χ1n) is 9.54. The number of hydrogen-bond acceptors (Lipinski definition) is 5. The van der Waals surface area contributed by atoms with Gasteiger partial charge in [-0.2, -0.15) is 0 Å². The van der Waals surface area contributed by atoms with Gasteiger partial charge in [0.05, 0.1) is 22.9 Å². The van der Waals surface area contributed by atoms with Gasteiger partial charge in [0.1, 0.15) is 17.2 Å². The first-order chi connectivity index (χ1) is 14.4. The molecule has 1 aromatic heterocycles. The molecule has 6 N–H and O–H groups in total. The van der Waals surface area contributed by atoms with Gasteiger partial charge in [-0.3, -0.25) is 14.6 Å². The van der Waals surface area contributed by atoms with Gasteiger partial charge in [-0.25, -0.2) is 4.98 Å². The van der Waals surface area contributed by atoms with Crippen molar-refractivity contribution in [1.82, 2.24) is 4.98 Å². The SMILES string of the molecule is NC(=O)/C(C(N)=NC1CC(=O)C1)=C(/N)c1ccc2ccc(-c3ccccc3)nc2c1. The number of aromatic nitrogens is 1. The number of carbonyl (C=O) groups is 2. The van der Waals surface area contributed by atoms with Crippen LogP contribution in [0.15, 0.2) is 71.2 Å². The molecule has 1 aliphatic rings. The standard InChI is InChI=1S/C23H21N5O2/c24-21(20(23(26)30)22(25)27-16-11-17(29)12-16)15-7-6-14-8-9-18(28-19(14)10-15)13-4-2-1-3-5-13/h1-10,16H,11-12,24H2,(H2,25,27)(H2,26,30)/b21-20+. The highest BCUT2D eigenvalue weighted by Crippen LogP contribution is 2.25. The van der Waals surface area contributed by atoms with Crippen LogP contribution in [0.3, 0.4) is 0 Å². The van der Waals surface area contributed by atoms with Crippen molar-refractivity contribution in [2.24, 2.45) is 22.2 Å². The number of primary amides is 1. The lowest BCUT2D eigenvalue weighted by Gasteiger charge is -2.21. The number of rotatable bonds is 5. The molecule has 3 aromatic rings. The Morgan fingerprint density at radius 2 is 1.67 bits per heavy atom. The van der Waals surface area contributed by atoms with Gasteiger partial charge in [-0.05, 0) is 12.1 Å². The molecule has 2 aromatic carbocycles. The fourth-order valence-electron chi connectivity index (χ4n) is 3.41. The van der Waals surface area contributed by atoms with Crippen molar-refractivity contribution in [1.29, 1.82) is 0 Å². The summed E-state index contributed by atoms with van der Waals surface area (Å²) in [5.74, 6) is -0.710. The number of nitrogens with zero attached hydrogens (tertiary/aromatic N) is 2. The number of aliphatic imine (C=N–C) groups is 1. The van der Waals surface area contributed by atoms with Crippen LogP contribution in [0.5, 0.6) is 0 Å². The Labute approximate surface area is 173 Å². The van der Waals surface area contributed by atoms with Crippen LogP contribution >= 0.6 is 0 Å². The Hall–Kier alpha value is -4.00. The number of carbonyl (C=O) groups excluding carboxylic acids is 2. The molecule has 1 saturated carbocycles. The number of amidine groups is 1. The van der Waals surface area contributed by atoms with E-state index < -0.39 is 5.91 Å². The molecular weight excluding hydrogens is 378 g/mol. The normalized spacial score (nSPS) is 15.6. The van der Waals surface area contributed by atoms with Crippen LogP contribution in [0.1, 0.15) is 18.4 Å². The lowest BCUT2D eigenvalue weighted by Crippen LogP contribution is -2.34. The molecule has 150 valence electrons. The predicted molar refractivity (Wildman–Crippen MR) is 117 cm³/mol. The van der Waals surface area contributed by atoms with Gasteiger partial charge in [0.2, 0.25) is 0 Å². The van der Waals surface area contributed by atoms with E-state index in [2.05, 4.69) is 4.99 Å². The molecule has 4 rings (SSSR count). The van der Waals surface area contributed by atoms with E-state index in [1.165, 1.54) is 0 Å². The minimum atomic E-state index is -0.773. The van der Waals surface area contributed by atoms with Gasteiger partial charge in [-0.15, -0.1) is 0 Å². The third-order valence-electron chi connectivity index (χ3n) is 5.09. The molecule has 7 heteroatoms. The molecular formula is C23H21N5O2. The number of hydrogen-bond donors (Lipinski definition) is 3. The fourth-order valence-corrected chi connectivity index (χ4v) is 3.41. The summed E-state index contributed by atoms with van der Waals surface area (Å²) in [5.41, 5.74) is 21.0. The molecule has 1 amide bonds. The summed E-state index contributed by atoms with van der Waals surface area (Å²) in [5, 5.41) is 0.932. The molecule has 0 saturated heterocycles. The molecule has 30 heavy (non-hydrogen) atoms. The van der Waals surface area contributed by atoms with Crippen LogP contribution in [0.2, 0.25) is 0 Å². The van der Waals surface area contributed by atoms with Crippen molar-refractivity contribution >= 4 is 34.1 Å². The molecule has 1 heterocycles. The molecule has 0 bridgehead atoms. The van der Waals surface area contributed by atoms with Crippen molar-refractivity contribution in [3.05, 3.63) is 71.8 Å². The molecule has 1 aliphatic carbocycles.